The van der Waals surface area contributed by atoms with Gasteiger partial charge in [-0.3, -0.25) is 4.98 Å². The Labute approximate surface area is 126 Å². The highest BCUT2D eigenvalue weighted by Crippen LogP contribution is 2.32. The maximum absolute atomic E-state index is 5.72. The van der Waals surface area contributed by atoms with Crippen molar-refractivity contribution in [2.75, 3.05) is 19.8 Å². The highest BCUT2D eigenvalue weighted by molar-refractivity contribution is 5.85. The van der Waals surface area contributed by atoms with E-state index in [1.807, 2.05) is 12.4 Å². The van der Waals surface area contributed by atoms with Gasteiger partial charge in [-0.15, -0.1) is 0 Å². The Balaban J connectivity index is 1.96. The van der Waals surface area contributed by atoms with Crippen molar-refractivity contribution in [3.63, 3.8) is 0 Å². The number of hydrogen-bond acceptors (Lipinski definition) is 3. The molecule has 1 aromatic carbocycles. The van der Waals surface area contributed by atoms with E-state index >= 15 is 0 Å². The van der Waals surface area contributed by atoms with Crippen molar-refractivity contribution in [2.24, 2.45) is 5.92 Å². The van der Waals surface area contributed by atoms with Crippen LogP contribution in [-0.2, 0) is 4.74 Å². The number of nitrogens with zero attached hydrogens (tertiary/aromatic N) is 1. The van der Waals surface area contributed by atoms with E-state index in [0.29, 0.717) is 12.0 Å². The molecule has 0 spiro atoms. The Morgan fingerprint density at radius 1 is 1.33 bits per heavy atom. The summed E-state index contributed by atoms with van der Waals surface area (Å²) in [5, 5.41) is 6.26. The number of pyridine rings is 1. The minimum atomic E-state index is 0.337. The van der Waals surface area contributed by atoms with Crippen molar-refractivity contribution in [1.29, 1.82) is 0 Å². The molecule has 0 radical (unpaired) electrons. The average Bonchev–Trinajstić information content (AvgIpc) is 2.56. The molecule has 1 aliphatic rings. The van der Waals surface area contributed by atoms with E-state index in [2.05, 4.69) is 41.5 Å². The Hall–Kier alpha value is -1.45. The third-order valence-corrected chi connectivity index (χ3v) is 4.32. The second-order valence-electron chi connectivity index (χ2n) is 5.86. The average molecular weight is 284 g/mol. The summed E-state index contributed by atoms with van der Waals surface area (Å²) in [5.41, 5.74) is 1.32. The summed E-state index contributed by atoms with van der Waals surface area (Å²) in [7, 11) is 0. The molecule has 2 atom stereocenters. The zero-order valence-electron chi connectivity index (χ0n) is 12.7. The zero-order valence-corrected chi connectivity index (χ0v) is 12.7. The van der Waals surface area contributed by atoms with Gasteiger partial charge in [0.1, 0.15) is 0 Å². The molecule has 2 unspecified atom stereocenters. The SMILES string of the molecule is CCCNC(c1cncc2ccccc12)C1CCCOC1. The largest absolute Gasteiger partial charge is 0.381 e. The molecular weight excluding hydrogens is 260 g/mol. The van der Waals surface area contributed by atoms with Crippen LogP contribution in [0.25, 0.3) is 10.8 Å². The maximum atomic E-state index is 5.72. The van der Waals surface area contributed by atoms with E-state index in [0.717, 1.165) is 32.6 Å². The number of ether oxygens (including phenoxy) is 1. The molecule has 3 heteroatoms. The molecule has 1 N–H and O–H groups in total. The van der Waals surface area contributed by atoms with E-state index in [1.54, 1.807) is 0 Å². The first-order valence-electron chi connectivity index (χ1n) is 8.04. The van der Waals surface area contributed by atoms with Crippen LogP contribution in [0.5, 0.6) is 0 Å². The van der Waals surface area contributed by atoms with E-state index in [1.165, 1.54) is 22.8 Å². The van der Waals surface area contributed by atoms with Crippen LogP contribution in [0.4, 0.5) is 0 Å². The van der Waals surface area contributed by atoms with E-state index < -0.39 is 0 Å². The second-order valence-corrected chi connectivity index (χ2v) is 5.86. The molecule has 1 aromatic heterocycles. The van der Waals surface area contributed by atoms with Crippen molar-refractivity contribution in [2.45, 2.75) is 32.2 Å². The Morgan fingerprint density at radius 3 is 3.05 bits per heavy atom. The molecule has 1 aliphatic heterocycles. The molecule has 1 saturated heterocycles. The molecule has 21 heavy (non-hydrogen) atoms. The highest BCUT2D eigenvalue weighted by Gasteiger charge is 2.26. The Kier molecular flexibility index (Phi) is 4.84. The number of aromatic nitrogens is 1. The summed E-state index contributed by atoms with van der Waals surface area (Å²) in [6.45, 7) is 5.00. The van der Waals surface area contributed by atoms with Crippen LogP contribution in [0.3, 0.4) is 0 Å². The highest BCUT2D eigenvalue weighted by atomic mass is 16.5. The van der Waals surface area contributed by atoms with Gasteiger partial charge in [-0.2, -0.15) is 0 Å². The minimum Gasteiger partial charge on any atom is -0.381 e. The van der Waals surface area contributed by atoms with Crippen LogP contribution < -0.4 is 5.32 Å². The molecule has 2 heterocycles. The number of fused-ring (bicyclic) bond motifs is 1. The molecular formula is C18H24N2O. The van der Waals surface area contributed by atoms with Crippen molar-refractivity contribution in [3.8, 4) is 0 Å². The van der Waals surface area contributed by atoms with Crippen LogP contribution in [0.15, 0.2) is 36.7 Å². The topological polar surface area (TPSA) is 34.2 Å². The van der Waals surface area contributed by atoms with Crippen LogP contribution >= 0.6 is 0 Å². The predicted molar refractivity (Wildman–Crippen MR) is 86.3 cm³/mol. The zero-order chi connectivity index (χ0) is 14.5. The van der Waals surface area contributed by atoms with Gasteiger partial charge >= 0.3 is 0 Å². The summed E-state index contributed by atoms with van der Waals surface area (Å²) in [4.78, 5) is 4.46. The van der Waals surface area contributed by atoms with E-state index in [-0.39, 0.29) is 0 Å². The quantitative estimate of drug-likeness (QED) is 0.909. The Morgan fingerprint density at radius 2 is 2.24 bits per heavy atom. The first-order valence-corrected chi connectivity index (χ1v) is 8.04. The number of rotatable bonds is 5. The summed E-state index contributed by atoms with van der Waals surface area (Å²) in [6, 6.07) is 8.87. The molecule has 0 saturated carbocycles. The molecule has 3 nitrogen and oxygen atoms in total. The molecule has 0 bridgehead atoms. The van der Waals surface area contributed by atoms with E-state index in [4.69, 9.17) is 4.74 Å². The van der Waals surface area contributed by atoms with Crippen LogP contribution in [-0.4, -0.2) is 24.7 Å². The summed E-state index contributed by atoms with van der Waals surface area (Å²) in [6.07, 6.45) is 7.51. The monoisotopic (exact) mass is 284 g/mol. The predicted octanol–water partition coefficient (Wildman–Crippen LogP) is 3.70. The summed E-state index contributed by atoms with van der Waals surface area (Å²) < 4.78 is 5.72. The van der Waals surface area contributed by atoms with Crippen molar-refractivity contribution in [1.82, 2.24) is 10.3 Å². The molecule has 3 rings (SSSR count). The number of hydrogen-bond donors (Lipinski definition) is 1. The fourth-order valence-electron chi connectivity index (χ4n) is 3.25. The lowest BCUT2D eigenvalue weighted by molar-refractivity contribution is 0.0392. The molecule has 2 aromatic rings. The van der Waals surface area contributed by atoms with Gasteiger partial charge in [-0.1, -0.05) is 31.2 Å². The van der Waals surface area contributed by atoms with Gasteiger partial charge in [0, 0.05) is 36.3 Å². The Bertz CT molecular complexity index is 573. The minimum absolute atomic E-state index is 0.337. The summed E-state index contributed by atoms with van der Waals surface area (Å²) in [5.74, 6) is 0.540. The van der Waals surface area contributed by atoms with Crippen molar-refractivity contribution in [3.05, 3.63) is 42.2 Å². The number of nitrogens with one attached hydrogen (secondary N) is 1. The van der Waals surface area contributed by atoms with Gasteiger partial charge in [0.15, 0.2) is 0 Å². The first kappa shape index (κ1) is 14.5. The molecule has 112 valence electrons. The van der Waals surface area contributed by atoms with Gasteiger partial charge in [-0.25, -0.2) is 0 Å². The lowest BCUT2D eigenvalue weighted by Gasteiger charge is -2.32. The first-order chi connectivity index (χ1) is 10.4. The third-order valence-electron chi connectivity index (χ3n) is 4.32. The molecule has 0 aliphatic carbocycles. The van der Waals surface area contributed by atoms with Gasteiger partial charge in [0.05, 0.1) is 6.61 Å². The van der Waals surface area contributed by atoms with Crippen LogP contribution in [0, 0.1) is 5.92 Å². The van der Waals surface area contributed by atoms with Crippen molar-refractivity contribution < 1.29 is 4.74 Å². The second kappa shape index (κ2) is 7.01. The van der Waals surface area contributed by atoms with Gasteiger partial charge in [0.25, 0.3) is 0 Å². The third kappa shape index (κ3) is 3.25. The van der Waals surface area contributed by atoms with Crippen LogP contribution in [0.2, 0.25) is 0 Å². The maximum Gasteiger partial charge on any atom is 0.0512 e. The lowest BCUT2D eigenvalue weighted by atomic mass is 9.87. The molecule has 0 amide bonds. The molecule has 1 fully saturated rings. The van der Waals surface area contributed by atoms with E-state index in [9.17, 15) is 0 Å². The lowest BCUT2D eigenvalue weighted by Crippen LogP contribution is -2.34. The number of benzene rings is 1. The summed E-state index contributed by atoms with van der Waals surface area (Å²) >= 11 is 0. The fourth-order valence-corrected chi connectivity index (χ4v) is 3.25. The van der Waals surface area contributed by atoms with Crippen LogP contribution in [0.1, 0.15) is 37.8 Å². The standard InChI is InChI=1S/C18H24N2O/c1-2-9-20-18(15-7-5-10-21-13-15)17-12-19-11-14-6-3-4-8-16(14)17/h3-4,6,8,11-12,15,18,20H,2,5,7,9-10,13H2,1H3. The van der Waals surface area contributed by atoms with Crippen molar-refractivity contribution >= 4 is 10.8 Å². The normalized spacial score (nSPS) is 20.5. The smallest absolute Gasteiger partial charge is 0.0512 e. The van der Waals surface area contributed by atoms with Gasteiger partial charge in [-0.05, 0) is 36.8 Å². The van der Waals surface area contributed by atoms with Gasteiger partial charge < -0.3 is 10.1 Å². The van der Waals surface area contributed by atoms with Gasteiger partial charge in [0.2, 0.25) is 0 Å². The fraction of sp³-hybridized carbons (Fsp3) is 0.500.